The Kier molecular flexibility index (Phi) is 1.57. The van der Waals surface area contributed by atoms with Crippen molar-refractivity contribution in [3.05, 3.63) is 23.3 Å². The number of carbonyl (C=O) groups is 2. The van der Waals surface area contributed by atoms with Gasteiger partial charge in [-0.2, -0.15) is 5.26 Å². The molecule has 54 valence electrons. The fraction of sp³-hybridized carbons (Fsp3) is 0. The van der Waals surface area contributed by atoms with Crippen molar-refractivity contribution in [1.29, 1.82) is 5.26 Å². The third-order valence-electron chi connectivity index (χ3n) is 1.15. The lowest BCUT2D eigenvalue weighted by atomic mass is 10.3. The second kappa shape index (κ2) is 2.39. The van der Waals surface area contributed by atoms with Crippen LogP contribution in [0.4, 0.5) is 0 Å². The summed E-state index contributed by atoms with van der Waals surface area (Å²) in [5, 5.41) is 16.3. The number of hydrogen-bond donors (Lipinski definition) is 1. The molecule has 0 spiro atoms. The van der Waals surface area contributed by atoms with Gasteiger partial charge in [-0.05, 0) is 11.6 Å². The Balaban J connectivity index is 2.61. The minimum Gasteiger partial charge on any atom is -0.478 e. The highest BCUT2D eigenvalue weighted by Gasteiger charge is 2.24. The number of nitrogens with zero attached hydrogens (tertiary/aromatic N) is 1. The maximum atomic E-state index is 10.4. The topological polar surface area (TPSA) is 78.2 Å². The highest BCUT2D eigenvalue weighted by Crippen LogP contribution is 2.27. The third kappa shape index (κ3) is 1.52. The molecule has 11 heavy (non-hydrogen) atoms. The second-order valence-corrected chi connectivity index (χ2v) is 1.94. The van der Waals surface area contributed by atoms with Crippen LogP contribution < -0.4 is 0 Å². The van der Waals surface area contributed by atoms with Crippen molar-refractivity contribution in [3.8, 4) is 6.07 Å². The fourth-order valence-electron chi connectivity index (χ4n) is 0.598. The largest absolute Gasteiger partial charge is 0.478 e. The first-order chi connectivity index (χ1) is 5.15. The molecule has 4 heteroatoms. The Labute approximate surface area is 62.1 Å². The predicted octanol–water partition coefficient (Wildman–Crippen LogP) is 0.0301. The van der Waals surface area contributed by atoms with E-state index in [1.54, 1.807) is 0 Å². The molecule has 0 unspecified atom stereocenters. The summed E-state index contributed by atoms with van der Waals surface area (Å²) in [7, 11) is 0. The van der Waals surface area contributed by atoms with Crippen molar-refractivity contribution in [1.82, 2.24) is 0 Å². The monoisotopic (exact) mass is 149 g/mol. The van der Waals surface area contributed by atoms with E-state index in [2.05, 4.69) is 0 Å². The number of carbonyl (C=O) groups excluding carboxylic acids is 1. The number of aliphatic carboxylic acids is 1. The lowest BCUT2D eigenvalue weighted by Crippen LogP contribution is -1.91. The smallest absolute Gasteiger partial charge is 0.336 e. The quantitative estimate of drug-likeness (QED) is 0.443. The molecule has 0 aromatic heterocycles. The van der Waals surface area contributed by atoms with Crippen LogP contribution in [0.1, 0.15) is 0 Å². The van der Waals surface area contributed by atoms with Crippen LogP contribution in [-0.4, -0.2) is 16.9 Å². The molecule has 0 aromatic rings. The number of allylic oxidation sites excluding steroid dienone is 2. The van der Waals surface area contributed by atoms with Gasteiger partial charge in [0.2, 0.25) is 0 Å². The van der Waals surface area contributed by atoms with Crippen LogP contribution in [0.3, 0.4) is 0 Å². The Morgan fingerprint density at radius 1 is 1.64 bits per heavy atom. The van der Waals surface area contributed by atoms with E-state index in [4.69, 9.17) is 10.4 Å². The molecule has 0 amide bonds. The summed E-state index contributed by atoms with van der Waals surface area (Å²) in [5.74, 6) is -1.80. The first kappa shape index (κ1) is 7.22. The summed E-state index contributed by atoms with van der Waals surface area (Å²) < 4.78 is 0. The van der Waals surface area contributed by atoms with Gasteiger partial charge in [-0.3, -0.25) is 4.79 Å². The van der Waals surface area contributed by atoms with E-state index >= 15 is 0 Å². The Hall–Kier alpha value is -1.89. The molecule has 0 aromatic carbocycles. The average Bonchev–Trinajstić information content (AvgIpc) is 2.67. The summed E-state index contributed by atoms with van der Waals surface area (Å²) in [5.41, 5.74) is 0.442. The van der Waals surface area contributed by atoms with Crippen LogP contribution in [-0.2, 0) is 9.59 Å². The molecule has 1 aliphatic carbocycles. The molecule has 1 N–H and O–H groups in total. The summed E-state index contributed by atoms with van der Waals surface area (Å²) in [6.45, 7) is 0. The lowest BCUT2D eigenvalue weighted by Gasteiger charge is -1.77. The molecule has 0 heterocycles. The Morgan fingerprint density at radius 3 is 2.64 bits per heavy atom. The number of nitriles is 1. The molecular formula is C7H3NO3. The summed E-state index contributed by atoms with van der Waals surface area (Å²) in [6.07, 6.45) is 2.33. The average molecular weight is 149 g/mol. The van der Waals surface area contributed by atoms with E-state index < -0.39 is 11.8 Å². The molecular weight excluding hydrogens is 146 g/mol. The zero-order valence-electron chi connectivity index (χ0n) is 5.37. The van der Waals surface area contributed by atoms with Crippen molar-refractivity contribution in [2.24, 2.45) is 0 Å². The number of carboxylic acid groups (broad SMARTS) is 1. The molecule has 4 nitrogen and oxygen atoms in total. The van der Waals surface area contributed by atoms with Crippen LogP contribution >= 0.6 is 0 Å². The minimum atomic E-state index is -1.07. The lowest BCUT2D eigenvalue weighted by molar-refractivity contribution is -0.131. The van der Waals surface area contributed by atoms with Crippen LogP contribution in [0.5, 0.6) is 0 Å². The van der Waals surface area contributed by atoms with E-state index in [-0.39, 0.29) is 5.57 Å². The van der Waals surface area contributed by atoms with Crippen molar-refractivity contribution in [2.75, 3.05) is 0 Å². The van der Waals surface area contributed by atoms with E-state index in [0.717, 1.165) is 6.08 Å². The van der Waals surface area contributed by atoms with Crippen molar-refractivity contribution in [2.45, 2.75) is 0 Å². The normalized spacial score (nSPS) is 17.0. The molecule has 0 radical (unpaired) electrons. The molecule has 1 rings (SSSR count). The standard InChI is InChI=1S/C7H3NO3/c8-3-5(9)1-4-2-6(4)7(10)11/h1-2H,(H,10,11)/b4-1+. The summed E-state index contributed by atoms with van der Waals surface area (Å²) in [6, 6.07) is 1.35. The molecule has 0 saturated carbocycles. The van der Waals surface area contributed by atoms with Gasteiger partial charge >= 0.3 is 5.97 Å². The molecule has 1 aliphatic rings. The first-order valence-electron chi connectivity index (χ1n) is 2.76. The first-order valence-corrected chi connectivity index (χ1v) is 2.76. The van der Waals surface area contributed by atoms with Gasteiger partial charge < -0.3 is 5.11 Å². The SMILES string of the molecule is N#CC(=O)/C=C1C=C\1C(=O)O. The minimum absolute atomic E-state index is 0.105. The van der Waals surface area contributed by atoms with Gasteiger partial charge in [-0.15, -0.1) is 0 Å². The number of hydrogen-bond acceptors (Lipinski definition) is 3. The van der Waals surface area contributed by atoms with Gasteiger partial charge in [-0.1, -0.05) is 0 Å². The van der Waals surface area contributed by atoms with Crippen molar-refractivity contribution in [3.63, 3.8) is 0 Å². The number of ketones is 1. The van der Waals surface area contributed by atoms with Crippen LogP contribution in [0.2, 0.25) is 0 Å². The van der Waals surface area contributed by atoms with Gasteiger partial charge in [0, 0.05) is 6.08 Å². The predicted molar refractivity (Wildman–Crippen MR) is 34.4 cm³/mol. The zero-order valence-corrected chi connectivity index (χ0v) is 5.37. The van der Waals surface area contributed by atoms with E-state index in [9.17, 15) is 9.59 Å². The maximum absolute atomic E-state index is 10.4. The van der Waals surface area contributed by atoms with Crippen LogP contribution in [0.25, 0.3) is 0 Å². The molecule has 0 atom stereocenters. The highest BCUT2D eigenvalue weighted by atomic mass is 16.4. The number of carboxylic acids is 1. The molecule has 0 saturated heterocycles. The molecule has 0 aliphatic heterocycles. The van der Waals surface area contributed by atoms with Crippen molar-refractivity contribution < 1.29 is 14.7 Å². The highest BCUT2D eigenvalue weighted by molar-refractivity contribution is 6.09. The second-order valence-electron chi connectivity index (χ2n) is 1.94. The van der Waals surface area contributed by atoms with Gasteiger partial charge in [0.05, 0.1) is 5.57 Å². The van der Waals surface area contributed by atoms with Gasteiger partial charge in [0.15, 0.2) is 0 Å². The summed E-state index contributed by atoms with van der Waals surface area (Å²) >= 11 is 0. The van der Waals surface area contributed by atoms with Crippen LogP contribution in [0.15, 0.2) is 23.3 Å². The Bertz CT molecular complexity index is 330. The third-order valence-corrected chi connectivity index (χ3v) is 1.15. The number of rotatable bonds is 2. The fourth-order valence-corrected chi connectivity index (χ4v) is 0.598. The van der Waals surface area contributed by atoms with Gasteiger partial charge in [0.1, 0.15) is 6.07 Å². The maximum Gasteiger partial charge on any atom is 0.336 e. The van der Waals surface area contributed by atoms with Gasteiger partial charge in [-0.25, -0.2) is 4.79 Å². The van der Waals surface area contributed by atoms with E-state index in [1.165, 1.54) is 12.1 Å². The van der Waals surface area contributed by atoms with Gasteiger partial charge in [0.25, 0.3) is 5.78 Å². The Morgan fingerprint density at radius 2 is 2.27 bits per heavy atom. The summed E-state index contributed by atoms with van der Waals surface area (Å²) in [4.78, 5) is 20.5. The van der Waals surface area contributed by atoms with E-state index in [0.29, 0.717) is 5.57 Å². The van der Waals surface area contributed by atoms with Crippen LogP contribution in [0, 0.1) is 11.3 Å². The van der Waals surface area contributed by atoms with E-state index in [1.807, 2.05) is 0 Å². The molecule has 0 bridgehead atoms. The molecule has 0 fully saturated rings. The van der Waals surface area contributed by atoms with Crippen molar-refractivity contribution >= 4 is 11.8 Å². The zero-order chi connectivity index (χ0) is 8.43.